The number of amides is 2. The van der Waals surface area contributed by atoms with Gasteiger partial charge in [-0.25, -0.2) is 0 Å². The molecule has 0 unspecified atom stereocenters. The van der Waals surface area contributed by atoms with E-state index in [1.165, 1.54) is 0 Å². The molecule has 22 heavy (non-hydrogen) atoms. The second-order valence-electron chi connectivity index (χ2n) is 4.52. The molecular formula is C18H32N2O2. The highest BCUT2D eigenvalue weighted by molar-refractivity contribution is 5.96. The van der Waals surface area contributed by atoms with Gasteiger partial charge in [-0.2, -0.15) is 0 Å². The van der Waals surface area contributed by atoms with Gasteiger partial charge in [-0.05, 0) is 40.7 Å². The van der Waals surface area contributed by atoms with Crippen molar-refractivity contribution in [2.75, 3.05) is 26.2 Å². The Kier molecular flexibility index (Phi) is 14.4. The molecule has 0 aliphatic heterocycles. The Morgan fingerprint density at radius 2 is 1.41 bits per heavy atom. The number of rotatable bonds is 7. The van der Waals surface area contributed by atoms with Crippen LogP contribution in [0.3, 0.4) is 0 Å². The number of hydrogen-bond acceptors (Lipinski definition) is 2. The lowest BCUT2D eigenvalue weighted by Crippen LogP contribution is -2.31. The quantitative estimate of drug-likeness (QED) is 0.534. The predicted octanol–water partition coefficient (Wildman–Crippen LogP) is 3.42. The molecule has 0 aliphatic rings. The van der Waals surface area contributed by atoms with Crippen LogP contribution in [0, 0.1) is 0 Å². The summed E-state index contributed by atoms with van der Waals surface area (Å²) < 4.78 is 0. The van der Waals surface area contributed by atoms with Crippen molar-refractivity contribution < 1.29 is 9.59 Å². The maximum atomic E-state index is 11.8. The van der Waals surface area contributed by atoms with Gasteiger partial charge in [0.2, 0.25) is 5.91 Å². The minimum atomic E-state index is 0.0445. The van der Waals surface area contributed by atoms with Crippen LogP contribution in [0.1, 0.15) is 41.5 Å². The summed E-state index contributed by atoms with van der Waals surface area (Å²) in [5, 5.41) is 0. The Hall–Kier alpha value is -1.84. The molecule has 0 aliphatic carbocycles. The van der Waals surface area contributed by atoms with E-state index in [2.05, 4.69) is 6.58 Å². The van der Waals surface area contributed by atoms with Gasteiger partial charge in [0.15, 0.2) is 0 Å². The van der Waals surface area contributed by atoms with E-state index in [1.54, 1.807) is 28.9 Å². The third-order valence-corrected chi connectivity index (χ3v) is 3.19. The smallest absolute Gasteiger partial charge is 0.253 e. The first-order valence-corrected chi connectivity index (χ1v) is 7.93. The number of allylic oxidation sites excluding steroid dienone is 3. The van der Waals surface area contributed by atoms with Gasteiger partial charge >= 0.3 is 0 Å². The molecule has 2 amide bonds. The van der Waals surface area contributed by atoms with Crippen molar-refractivity contribution in [3.05, 3.63) is 36.5 Å². The topological polar surface area (TPSA) is 40.6 Å². The third-order valence-electron chi connectivity index (χ3n) is 3.19. The van der Waals surface area contributed by atoms with Gasteiger partial charge in [-0.15, -0.1) is 0 Å². The normalized spacial score (nSPS) is 10.7. The standard InChI is InChI=1S/C12H19NO.C6H13NO/c1-5-9-10-11(6-2)12(14)13(7-3)8-4;1-4-7(5-2)6(3)8/h5-6,9-10H,2,7-8H2,1,3-4H3;4-5H2,1-3H3/b9-5-,11-10+;. The average Bonchev–Trinajstić information content (AvgIpc) is 2.50. The molecule has 4 heteroatoms. The minimum absolute atomic E-state index is 0.0445. The lowest BCUT2D eigenvalue weighted by atomic mass is 10.2. The molecule has 0 heterocycles. The fourth-order valence-electron chi connectivity index (χ4n) is 1.79. The molecule has 0 fully saturated rings. The molecular weight excluding hydrogens is 276 g/mol. The van der Waals surface area contributed by atoms with Crippen LogP contribution in [0.15, 0.2) is 36.5 Å². The van der Waals surface area contributed by atoms with Crippen molar-refractivity contribution in [2.24, 2.45) is 0 Å². The molecule has 126 valence electrons. The molecule has 0 radical (unpaired) electrons. The van der Waals surface area contributed by atoms with Crippen molar-refractivity contribution in [1.82, 2.24) is 9.80 Å². The number of carbonyl (C=O) groups is 2. The van der Waals surface area contributed by atoms with E-state index in [0.29, 0.717) is 5.57 Å². The second kappa shape index (κ2) is 14.1. The zero-order valence-corrected chi connectivity index (χ0v) is 15.1. The molecule has 0 N–H and O–H groups in total. The second-order valence-corrected chi connectivity index (χ2v) is 4.52. The Morgan fingerprint density at radius 1 is 0.955 bits per heavy atom. The molecule has 0 saturated heterocycles. The van der Waals surface area contributed by atoms with Crippen LogP contribution in [0.4, 0.5) is 0 Å². The number of hydrogen-bond donors (Lipinski definition) is 0. The summed E-state index contributed by atoms with van der Waals surface area (Å²) in [5.74, 6) is 0.207. The Labute approximate surface area is 136 Å². The Morgan fingerprint density at radius 3 is 1.64 bits per heavy atom. The van der Waals surface area contributed by atoms with Gasteiger partial charge in [0, 0.05) is 38.7 Å². The molecule has 0 bridgehead atoms. The summed E-state index contributed by atoms with van der Waals surface area (Å²) in [5.41, 5.74) is 0.645. The zero-order chi connectivity index (χ0) is 17.5. The molecule has 0 saturated carbocycles. The van der Waals surface area contributed by atoms with Crippen molar-refractivity contribution in [1.29, 1.82) is 0 Å². The van der Waals surface area contributed by atoms with Gasteiger partial charge in [0.05, 0.1) is 0 Å². The fraction of sp³-hybridized carbons (Fsp3) is 0.556. The van der Waals surface area contributed by atoms with Crippen molar-refractivity contribution in [3.8, 4) is 0 Å². The van der Waals surface area contributed by atoms with Crippen LogP contribution in [0.2, 0.25) is 0 Å². The zero-order valence-electron chi connectivity index (χ0n) is 15.1. The summed E-state index contributed by atoms with van der Waals surface area (Å²) in [6.45, 7) is 18.2. The van der Waals surface area contributed by atoms with Crippen LogP contribution in [0.5, 0.6) is 0 Å². The van der Waals surface area contributed by atoms with Gasteiger partial charge in [-0.1, -0.05) is 24.8 Å². The van der Waals surface area contributed by atoms with Crippen LogP contribution in [-0.2, 0) is 9.59 Å². The van der Waals surface area contributed by atoms with Crippen molar-refractivity contribution >= 4 is 11.8 Å². The first-order chi connectivity index (χ1) is 10.4. The SMILES string of the molecule is C=C/C(=C\C=C/C)C(=O)N(CC)CC.CCN(CC)C(C)=O. The predicted molar refractivity (Wildman–Crippen MR) is 94.6 cm³/mol. The molecule has 0 aromatic heterocycles. The molecule has 0 rings (SSSR count). The van der Waals surface area contributed by atoms with E-state index >= 15 is 0 Å². The lowest BCUT2D eigenvalue weighted by Gasteiger charge is -2.18. The van der Waals surface area contributed by atoms with E-state index in [9.17, 15) is 9.59 Å². The number of nitrogens with zero attached hydrogens (tertiary/aromatic N) is 2. The first kappa shape index (κ1) is 22.4. The van der Waals surface area contributed by atoms with Crippen molar-refractivity contribution in [2.45, 2.75) is 41.5 Å². The van der Waals surface area contributed by atoms with Gasteiger partial charge in [-0.3, -0.25) is 9.59 Å². The summed E-state index contributed by atoms with van der Waals surface area (Å²) in [6, 6.07) is 0. The van der Waals surface area contributed by atoms with E-state index in [4.69, 9.17) is 0 Å². The van der Waals surface area contributed by atoms with Crippen LogP contribution < -0.4 is 0 Å². The molecule has 0 aromatic carbocycles. The maximum absolute atomic E-state index is 11.8. The third kappa shape index (κ3) is 9.16. The molecule has 0 atom stereocenters. The summed E-state index contributed by atoms with van der Waals surface area (Å²) >= 11 is 0. The summed E-state index contributed by atoms with van der Waals surface area (Å²) in [7, 11) is 0. The van der Waals surface area contributed by atoms with E-state index < -0.39 is 0 Å². The van der Waals surface area contributed by atoms with Crippen molar-refractivity contribution in [3.63, 3.8) is 0 Å². The molecule has 0 aromatic rings. The largest absolute Gasteiger partial charge is 0.343 e. The van der Waals surface area contributed by atoms with Gasteiger partial charge in [0.1, 0.15) is 0 Å². The first-order valence-electron chi connectivity index (χ1n) is 7.93. The minimum Gasteiger partial charge on any atom is -0.343 e. The molecule has 4 nitrogen and oxygen atoms in total. The Balaban J connectivity index is 0. The van der Waals surface area contributed by atoms with E-state index in [0.717, 1.165) is 26.2 Å². The lowest BCUT2D eigenvalue weighted by molar-refractivity contribution is -0.128. The van der Waals surface area contributed by atoms with E-state index in [1.807, 2.05) is 46.8 Å². The highest BCUT2D eigenvalue weighted by Crippen LogP contribution is 2.03. The van der Waals surface area contributed by atoms with Crippen LogP contribution in [-0.4, -0.2) is 47.8 Å². The molecule has 0 spiro atoms. The summed E-state index contributed by atoms with van der Waals surface area (Å²) in [6.07, 6.45) is 7.12. The fourth-order valence-corrected chi connectivity index (χ4v) is 1.79. The highest BCUT2D eigenvalue weighted by Gasteiger charge is 2.11. The Bertz CT molecular complexity index is 390. The number of likely N-dealkylation sites (N-methyl/N-ethyl adjacent to an activating group) is 1. The monoisotopic (exact) mass is 308 g/mol. The highest BCUT2D eigenvalue weighted by atomic mass is 16.2. The number of carbonyl (C=O) groups excluding carboxylic acids is 2. The van der Waals surface area contributed by atoms with Crippen LogP contribution in [0.25, 0.3) is 0 Å². The van der Waals surface area contributed by atoms with Gasteiger partial charge in [0.25, 0.3) is 5.91 Å². The summed E-state index contributed by atoms with van der Waals surface area (Å²) in [4.78, 5) is 25.9. The van der Waals surface area contributed by atoms with Crippen LogP contribution >= 0.6 is 0 Å². The average molecular weight is 308 g/mol. The van der Waals surface area contributed by atoms with Gasteiger partial charge < -0.3 is 9.80 Å². The van der Waals surface area contributed by atoms with E-state index in [-0.39, 0.29) is 11.8 Å². The maximum Gasteiger partial charge on any atom is 0.253 e.